The average molecular weight is 236 g/mol. The van der Waals surface area contributed by atoms with E-state index < -0.39 is 0 Å². The number of hydrogen-bond donors (Lipinski definition) is 0. The maximum Gasteiger partial charge on any atom is 0.183 e. The van der Waals surface area contributed by atoms with E-state index in [0.717, 1.165) is 24.5 Å². The predicted octanol–water partition coefficient (Wildman–Crippen LogP) is 3.16. The van der Waals surface area contributed by atoms with Crippen molar-refractivity contribution < 1.29 is 14.2 Å². The van der Waals surface area contributed by atoms with E-state index >= 15 is 0 Å². The highest BCUT2D eigenvalue weighted by molar-refractivity contribution is 5.28. The Morgan fingerprint density at radius 2 is 1.76 bits per heavy atom. The summed E-state index contributed by atoms with van der Waals surface area (Å²) in [5.74, 6) is 0.882. The fraction of sp³-hybridized carbons (Fsp3) is 0.571. The molecule has 1 aromatic carbocycles. The molecule has 0 aliphatic carbocycles. The van der Waals surface area contributed by atoms with E-state index in [0.29, 0.717) is 6.61 Å². The van der Waals surface area contributed by atoms with Gasteiger partial charge in [0.1, 0.15) is 5.75 Å². The van der Waals surface area contributed by atoms with Gasteiger partial charge in [0.2, 0.25) is 0 Å². The van der Waals surface area contributed by atoms with Crippen molar-refractivity contribution in [1.82, 2.24) is 0 Å². The summed E-state index contributed by atoms with van der Waals surface area (Å²) < 4.78 is 16.8. The number of hydrogen-bond acceptors (Lipinski definition) is 3. The molecule has 0 spiro atoms. The normalized spacial score (nSPS) is 20.2. The lowest BCUT2D eigenvalue weighted by Gasteiger charge is -2.34. The lowest BCUT2D eigenvalue weighted by molar-refractivity contribution is -0.226. The van der Waals surface area contributed by atoms with Gasteiger partial charge in [0, 0.05) is 11.0 Å². The van der Waals surface area contributed by atoms with Crippen molar-refractivity contribution in [3.05, 3.63) is 29.8 Å². The Kier molecular flexibility index (Phi) is 3.69. The quantitative estimate of drug-likeness (QED) is 0.806. The SMILES string of the molecule is CCOc1ccc(C2OCC(C)(C)CO2)cc1. The third-order valence-electron chi connectivity index (χ3n) is 2.71. The molecule has 0 saturated carbocycles. The Labute approximate surface area is 103 Å². The number of ether oxygens (including phenoxy) is 3. The standard InChI is InChI=1S/C14H20O3/c1-4-15-12-7-5-11(6-8-12)13-16-9-14(2,3)10-17-13/h5-8,13H,4,9-10H2,1-3H3. The summed E-state index contributed by atoms with van der Waals surface area (Å²) in [5.41, 5.74) is 1.16. The van der Waals surface area contributed by atoms with Crippen LogP contribution in [0.15, 0.2) is 24.3 Å². The first-order valence-corrected chi connectivity index (χ1v) is 6.07. The number of benzene rings is 1. The van der Waals surface area contributed by atoms with Crippen molar-refractivity contribution in [2.24, 2.45) is 5.41 Å². The Morgan fingerprint density at radius 3 is 2.29 bits per heavy atom. The maximum absolute atomic E-state index is 5.72. The van der Waals surface area contributed by atoms with Gasteiger partial charge in [-0.2, -0.15) is 0 Å². The summed E-state index contributed by atoms with van der Waals surface area (Å²) in [6, 6.07) is 7.89. The molecule has 1 aromatic rings. The van der Waals surface area contributed by atoms with Crippen molar-refractivity contribution in [3.63, 3.8) is 0 Å². The minimum absolute atomic E-state index is 0.113. The smallest absolute Gasteiger partial charge is 0.183 e. The van der Waals surface area contributed by atoms with Crippen LogP contribution in [0.4, 0.5) is 0 Å². The Bertz CT molecular complexity index is 346. The topological polar surface area (TPSA) is 27.7 Å². The summed E-state index contributed by atoms with van der Waals surface area (Å²) in [5, 5.41) is 0. The number of rotatable bonds is 3. The van der Waals surface area contributed by atoms with Crippen LogP contribution in [0.2, 0.25) is 0 Å². The van der Waals surface area contributed by atoms with Crippen LogP contribution in [-0.2, 0) is 9.47 Å². The minimum Gasteiger partial charge on any atom is -0.494 e. The van der Waals surface area contributed by atoms with Gasteiger partial charge in [0.15, 0.2) is 6.29 Å². The van der Waals surface area contributed by atoms with E-state index in [4.69, 9.17) is 14.2 Å². The van der Waals surface area contributed by atoms with Crippen molar-refractivity contribution in [2.75, 3.05) is 19.8 Å². The minimum atomic E-state index is -0.237. The molecule has 0 radical (unpaired) electrons. The van der Waals surface area contributed by atoms with Crippen LogP contribution in [0, 0.1) is 5.41 Å². The second-order valence-electron chi connectivity index (χ2n) is 5.12. The van der Waals surface area contributed by atoms with Crippen LogP contribution in [0.3, 0.4) is 0 Å². The van der Waals surface area contributed by atoms with Gasteiger partial charge in [-0.05, 0) is 19.1 Å². The lowest BCUT2D eigenvalue weighted by atomic mass is 9.95. The molecule has 1 fully saturated rings. The van der Waals surface area contributed by atoms with Crippen molar-refractivity contribution >= 4 is 0 Å². The summed E-state index contributed by atoms with van der Waals surface area (Å²) in [6.07, 6.45) is -0.237. The van der Waals surface area contributed by atoms with Gasteiger partial charge < -0.3 is 14.2 Å². The molecular weight excluding hydrogens is 216 g/mol. The van der Waals surface area contributed by atoms with Crippen LogP contribution in [-0.4, -0.2) is 19.8 Å². The van der Waals surface area contributed by atoms with E-state index in [1.54, 1.807) is 0 Å². The molecule has 3 nitrogen and oxygen atoms in total. The molecule has 0 atom stereocenters. The van der Waals surface area contributed by atoms with E-state index in [1.165, 1.54) is 0 Å². The molecule has 0 bridgehead atoms. The highest BCUT2D eigenvalue weighted by Gasteiger charge is 2.28. The summed E-state index contributed by atoms with van der Waals surface area (Å²) in [7, 11) is 0. The maximum atomic E-state index is 5.72. The molecule has 1 aliphatic rings. The summed E-state index contributed by atoms with van der Waals surface area (Å²) >= 11 is 0. The van der Waals surface area contributed by atoms with Crippen LogP contribution in [0.1, 0.15) is 32.6 Å². The monoisotopic (exact) mass is 236 g/mol. The summed E-state index contributed by atoms with van der Waals surface area (Å²) in [4.78, 5) is 0. The highest BCUT2D eigenvalue weighted by atomic mass is 16.7. The molecular formula is C14H20O3. The fourth-order valence-electron chi connectivity index (χ4n) is 1.77. The second kappa shape index (κ2) is 5.07. The zero-order valence-electron chi connectivity index (χ0n) is 10.7. The first-order chi connectivity index (χ1) is 8.11. The van der Waals surface area contributed by atoms with Gasteiger partial charge >= 0.3 is 0 Å². The molecule has 94 valence electrons. The zero-order valence-corrected chi connectivity index (χ0v) is 10.7. The molecule has 0 unspecified atom stereocenters. The molecule has 0 amide bonds. The molecule has 3 heteroatoms. The van der Waals surface area contributed by atoms with Gasteiger partial charge in [0.25, 0.3) is 0 Å². The van der Waals surface area contributed by atoms with Gasteiger partial charge in [0.05, 0.1) is 19.8 Å². The Hall–Kier alpha value is -1.06. The molecule has 17 heavy (non-hydrogen) atoms. The van der Waals surface area contributed by atoms with E-state index in [1.807, 2.05) is 31.2 Å². The van der Waals surface area contributed by atoms with E-state index in [2.05, 4.69) is 13.8 Å². The highest BCUT2D eigenvalue weighted by Crippen LogP contribution is 2.31. The Balaban J connectivity index is 1.99. The van der Waals surface area contributed by atoms with Crippen LogP contribution in [0.5, 0.6) is 5.75 Å². The predicted molar refractivity (Wildman–Crippen MR) is 66.0 cm³/mol. The summed E-state index contributed by atoms with van der Waals surface area (Å²) in [6.45, 7) is 8.39. The van der Waals surface area contributed by atoms with Crippen molar-refractivity contribution in [2.45, 2.75) is 27.1 Å². The first-order valence-electron chi connectivity index (χ1n) is 6.07. The molecule has 0 aromatic heterocycles. The van der Waals surface area contributed by atoms with Gasteiger partial charge in [-0.15, -0.1) is 0 Å². The molecule has 1 saturated heterocycles. The van der Waals surface area contributed by atoms with Crippen LogP contribution >= 0.6 is 0 Å². The fourth-order valence-corrected chi connectivity index (χ4v) is 1.77. The van der Waals surface area contributed by atoms with Crippen LogP contribution < -0.4 is 4.74 Å². The third-order valence-corrected chi connectivity index (χ3v) is 2.71. The first kappa shape index (κ1) is 12.4. The van der Waals surface area contributed by atoms with Crippen molar-refractivity contribution in [3.8, 4) is 5.75 Å². The molecule has 1 aliphatic heterocycles. The Morgan fingerprint density at radius 1 is 1.18 bits per heavy atom. The largest absolute Gasteiger partial charge is 0.494 e. The van der Waals surface area contributed by atoms with Crippen molar-refractivity contribution in [1.29, 1.82) is 0 Å². The lowest BCUT2D eigenvalue weighted by Crippen LogP contribution is -2.33. The molecule has 1 heterocycles. The average Bonchev–Trinajstić information content (AvgIpc) is 2.31. The van der Waals surface area contributed by atoms with Gasteiger partial charge in [-0.3, -0.25) is 0 Å². The van der Waals surface area contributed by atoms with E-state index in [-0.39, 0.29) is 11.7 Å². The van der Waals surface area contributed by atoms with Crippen LogP contribution in [0.25, 0.3) is 0 Å². The third kappa shape index (κ3) is 3.20. The van der Waals surface area contributed by atoms with Gasteiger partial charge in [-0.25, -0.2) is 0 Å². The molecule has 2 rings (SSSR count). The zero-order chi connectivity index (χ0) is 12.3. The molecule has 0 N–H and O–H groups in total. The second-order valence-corrected chi connectivity index (χ2v) is 5.12. The van der Waals surface area contributed by atoms with E-state index in [9.17, 15) is 0 Å². The van der Waals surface area contributed by atoms with Gasteiger partial charge in [-0.1, -0.05) is 26.0 Å².